The highest BCUT2D eigenvalue weighted by Gasteiger charge is 2.19. The Labute approximate surface area is 123 Å². The van der Waals surface area contributed by atoms with Crippen LogP contribution in [0, 0.1) is 12.8 Å². The molecule has 0 unspecified atom stereocenters. The van der Waals surface area contributed by atoms with Gasteiger partial charge in [-0.05, 0) is 29.5 Å². The second-order valence-corrected chi connectivity index (χ2v) is 5.03. The van der Waals surface area contributed by atoms with Crippen LogP contribution in [0.25, 0.3) is 5.69 Å². The molecule has 0 spiro atoms. The van der Waals surface area contributed by atoms with Crippen LogP contribution in [0.3, 0.4) is 0 Å². The maximum Gasteiger partial charge on any atom is 0.310 e. The summed E-state index contributed by atoms with van der Waals surface area (Å²) >= 11 is 0. The van der Waals surface area contributed by atoms with Crippen molar-refractivity contribution in [2.24, 2.45) is 5.92 Å². The van der Waals surface area contributed by atoms with E-state index in [9.17, 15) is 4.79 Å². The van der Waals surface area contributed by atoms with Gasteiger partial charge in [-0.1, -0.05) is 29.7 Å². The van der Waals surface area contributed by atoms with Gasteiger partial charge in [-0.15, -0.1) is 0 Å². The molecule has 0 aliphatic rings. The molecule has 1 aromatic carbocycles. The van der Waals surface area contributed by atoms with Crippen molar-refractivity contribution < 1.29 is 9.53 Å². The van der Waals surface area contributed by atoms with E-state index in [1.807, 2.05) is 50.1 Å². The van der Waals surface area contributed by atoms with Gasteiger partial charge in [-0.25, -0.2) is 0 Å². The molecule has 21 heavy (non-hydrogen) atoms. The quantitative estimate of drug-likeness (QED) is 0.770. The molecule has 0 N–H and O–H groups in total. The highest BCUT2D eigenvalue weighted by Crippen LogP contribution is 2.16. The van der Waals surface area contributed by atoms with Crippen molar-refractivity contribution in [3.05, 3.63) is 29.8 Å². The maximum atomic E-state index is 11.5. The maximum absolute atomic E-state index is 11.5. The standard InChI is InChI=1S/C14H19N5O2/c1-10-5-7-12(8-6-10)19-14(15-16-17-19)18(3)9-11(2)13(20)21-4/h5-8,11H,9H2,1-4H3/t11-/m1/s1. The monoisotopic (exact) mass is 289 g/mol. The summed E-state index contributed by atoms with van der Waals surface area (Å²) in [5.41, 5.74) is 2.04. The number of benzene rings is 1. The Morgan fingerprint density at radius 2 is 2.05 bits per heavy atom. The molecule has 1 aromatic heterocycles. The van der Waals surface area contributed by atoms with Gasteiger partial charge >= 0.3 is 5.97 Å². The third-order valence-corrected chi connectivity index (χ3v) is 3.22. The van der Waals surface area contributed by atoms with Gasteiger partial charge < -0.3 is 9.64 Å². The van der Waals surface area contributed by atoms with Gasteiger partial charge in [0.1, 0.15) is 0 Å². The number of methoxy groups -OCH3 is 1. The number of aromatic nitrogens is 4. The number of carbonyl (C=O) groups excluding carboxylic acids is 1. The first-order valence-corrected chi connectivity index (χ1v) is 6.67. The third-order valence-electron chi connectivity index (χ3n) is 3.22. The highest BCUT2D eigenvalue weighted by molar-refractivity contribution is 5.72. The molecular weight excluding hydrogens is 270 g/mol. The Morgan fingerprint density at radius 1 is 1.38 bits per heavy atom. The molecule has 0 aliphatic carbocycles. The summed E-state index contributed by atoms with van der Waals surface area (Å²) in [4.78, 5) is 13.3. The van der Waals surface area contributed by atoms with Crippen LogP contribution >= 0.6 is 0 Å². The van der Waals surface area contributed by atoms with E-state index >= 15 is 0 Å². The van der Waals surface area contributed by atoms with E-state index in [1.54, 1.807) is 4.68 Å². The Morgan fingerprint density at radius 3 is 2.67 bits per heavy atom. The molecular formula is C14H19N5O2. The van der Waals surface area contributed by atoms with Crippen LogP contribution in [0.5, 0.6) is 0 Å². The highest BCUT2D eigenvalue weighted by atomic mass is 16.5. The summed E-state index contributed by atoms with van der Waals surface area (Å²) in [6.45, 7) is 4.30. The Hall–Kier alpha value is -2.44. The fourth-order valence-corrected chi connectivity index (χ4v) is 2.04. The van der Waals surface area contributed by atoms with Gasteiger partial charge in [0.05, 0.1) is 18.7 Å². The van der Waals surface area contributed by atoms with E-state index in [0.29, 0.717) is 12.5 Å². The largest absolute Gasteiger partial charge is 0.469 e. The average Bonchev–Trinajstić information content (AvgIpc) is 2.96. The summed E-state index contributed by atoms with van der Waals surface area (Å²) in [7, 11) is 3.23. The molecule has 0 saturated carbocycles. The molecule has 1 atom stereocenters. The normalized spacial score (nSPS) is 12.0. The molecule has 0 aliphatic heterocycles. The van der Waals surface area contributed by atoms with E-state index in [0.717, 1.165) is 5.69 Å². The number of carbonyl (C=O) groups is 1. The number of nitrogens with zero attached hydrogens (tertiary/aromatic N) is 5. The van der Waals surface area contributed by atoms with Crippen LogP contribution in [0.1, 0.15) is 12.5 Å². The zero-order chi connectivity index (χ0) is 15.4. The van der Waals surface area contributed by atoms with Gasteiger partial charge in [-0.2, -0.15) is 4.68 Å². The molecule has 0 radical (unpaired) electrons. The fourth-order valence-electron chi connectivity index (χ4n) is 2.04. The van der Waals surface area contributed by atoms with Crippen molar-refractivity contribution >= 4 is 11.9 Å². The van der Waals surface area contributed by atoms with E-state index in [1.165, 1.54) is 12.7 Å². The third kappa shape index (κ3) is 3.36. The fraction of sp³-hybridized carbons (Fsp3) is 0.429. The molecule has 0 bridgehead atoms. The number of ether oxygens (including phenoxy) is 1. The molecule has 7 nitrogen and oxygen atoms in total. The van der Waals surface area contributed by atoms with Gasteiger partial charge in [0, 0.05) is 13.6 Å². The van der Waals surface area contributed by atoms with Crippen LogP contribution in [0.2, 0.25) is 0 Å². The summed E-state index contributed by atoms with van der Waals surface area (Å²) in [6.07, 6.45) is 0. The molecule has 7 heteroatoms. The van der Waals surface area contributed by atoms with Crippen molar-refractivity contribution in [1.29, 1.82) is 0 Å². The van der Waals surface area contributed by atoms with E-state index < -0.39 is 0 Å². The van der Waals surface area contributed by atoms with Gasteiger partial charge in [0.2, 0.25) is 5.95 Å². The van der Waals surface area contributed by atoms with Crippen LogP contribution < -0.4 is 4.90 Å². The first-order chi connectivity index (χ1) is 10.0. The van der Waals surface area contributed by atoms with Crippen molar-refractivity contribution in [2.75, 3.05) is 25.6 Å². The number of hydrogen-bond donors (Lipinski definition) is 0. The summed E-state index contributed by atoms with van der Waals surface area (Å²) in [6, 6.07) is 7.90. The summed E-state index contributed by atoms with van der Waals surface area (Å²) in [5.74, 6) is 0.0639. The van der Waals surface area contributed by atoms with Crippen molar-refractivity contribution in [2.45, 2.75) is 13.8 Å². The minimum absolute atomic E-state index is 0.254. The minimum Gasteiger partial charge on any atom is -0.469 e. The molecule has 0 fully saturated rings. The number of anilines is 1. The number of hydrogen-bond acceptors (Lipinski definition) is 6. The van der Waals surface area contributed by atoms with Crippen molar-refractivity contribution in [1.82, 2.24) is 20.2 Å². The van der Waals surface area contributed by atoms with Gasteiger partial charge in [-0.3, -0.25) is 4.79 Å². The predicted molar refractivity (Wildman–Crippen MR) is 78.3 cm³/mol. The summed E-state index contributed by atoms with van der Waals surface area (Å²) < 4.78 is 6.38. The lowest BCUT2D eigenvalue weighted by Crippen LogP contribution is -2.31. The van der Waals surface area contributed by atoms with Crippen LogP contribution in [0.15, 0.2) is 24.3 Å². The second kappa shape index (κ2) is 6.34. The Balaban J connectivity index is 2.20. The average molecular weight is 289 g/mol. The number of tetrazole rings is 1. The lowest BCUT2D eigenvalue weighted by Gasteiger charge is -2.20. The molecule has 2 rings (SSSR count). The molecule has 1 heterocycles. The van der Waals surface area contributed by atoms with Crippen LogP contribution in [0.4, 0.5) is 5.95 Å². The summed E-state index contributed by atoms with van der Waals surface area (Å²) in [5, 5.41) is 11.8. The van der Waals surface area contributed by atoms with Crippen LogP contribution in [-0.2, 0) is 9.53 Å². The second-order valence-electron chi connectivity index (χ2n) is 5.03. The first kappa shape index (κ1) is 15.0. The Bertz CT molecular complexity index is 608. The zero-order valence-electron chi connectivity index (χ0n) is 12.6. The lowest BCUT2D eigenvalue weighted by molar-refractivity contribution is -0.144. The number of aryl methyl sites for hydroxylation is 1. The molecule has 112 valence electrons. The Kier molecular flexibility index (Phi) is 4.52. The predicted octanol–water partition coefficient (Wildman–Crippen LogP) is 1.22. The SMILES string of the molecule is COC(=O)[C@H](C)CN(C)c1nnnn1-c1ccc(C)cc1. The molecule has 0 saturated heterocycles. The minimum atomic E-state index is -0.261. The van der Waals surface area contributed by atoms with Crippen molar-refractivity contribution in [3.63, 3.8) is 0 Å². The van der Waals surface area contributed by atoms with E-state index in [2.05, 4.69) is 15.5 Å². The molecule has 0 amide bonds. The van der Waals surface area contributed by atoms with E-state index in [4.69, 9.17) is 4.74 Å². The zero-order valence-corrected chi connectivity index (χ0v) is 12.6. The topological polar surface area (TPSA) is 73.1 Å². The smallest absolute Gasteiger partial charge is 0.310 e. The first-order valence-electron chi connectivity index (χ1n) is 6.67. The van der Waals surface area contributed by atoms with Crippen LogP contribution in [-0.4, -0.2) is 46.9 Å². The van der Waals surface area contributed by atoms with E-state index in [-0.39, 0.29) is 11.9 Å². The van der Waals surface area contributed by atoms with Gasteiger partial charge in [0.15, 0.2) is 0 Å². The molecule has 2 aromatic rings. The number of rotatable bonds is 5. The van der Waals surface area contributed by atoms with Gasteiger partial charge in [0.25, 0.3) is 0 Å². The number of esters is 1. The van der Waals surface area contributed by atoms with Crippen molar-refractivity contribution in [3.8, 4) is 5.69 Å². The lowest BCUT2D eigenvalue weighted by atomic mass is 10.2.